The van der Waals surface area contributed by atoms with Gasteiger partial charge < -0.3 is 9.13 Å². The third-order valence-corrected chi connectivity index (χ3v) is 2.83. The number of ketones is 1. The molecule has 1 aromatic carbocycles. The van der Waals surface area contributed by atoms with E-state index < -0.39 is 11.1 Å². The highest BCUT2D eigenvalue weighted by Crippen LogP contribution is 2.00. The van der Waals surface area contributed by atoms with Crippen LogP contribution < -0.4 is 11.1 Å². The normalized spacial score (nSPS) is 10.4. The molecular formula is C14H14N2O3. The van der Waals surface area contributed by atoms with Crippen molar-refractivity contribution in [2.75, 3.05) is 0 Å². The Balaban J connectivity index is 2.14. The smallest absolute Gasteiger partial charge is 0.312 e. The van der Waals surface area contributed by atoms with Crippen LogP contribution in [0.25, 0.3) is 0 Å². The molecule has 19 heavy (non-hydrogen) atoms. The van der Waals surface area contributed by atoms with E-state index in [2.05, 4.69) is 0 Å². The second-order valence-corrected chi connectivity index (χ2v) is 4.35. The molecule has 1 aromatic heterocycles. The van der Waals surface area contributed by atoms with Crippen LogP contribution in [0, 0.1) is 0 Å². The van der Waals surface area contributed by atoms with Crippen molar-refractivity contribution in [3.8, 4) is 0 Å². The van der Waals surface area contributed by atoms with Gasteiger partial charge >= 0.3 is 11.1 Å². The van der Waals surface area contributed by atoms with Crippen LogP contribution in [-0.2, 0) is 24.8 Å². The van der Waals surface area contributed by atoms with E-state index in [1.165, 1.54) is 24.0 Å². The molecule has 5 heteroatoms. The Morgan fingerprint density at radius 2 is 1.74 bits per heavy atom. The first-order chi connectivity index (χ1) is 9.08. The molecule has 0 radical (unpaired) electrons. The van der Waals surface area contributed by atoms with Gasteiger partial charge in [0.05, 0.1) is 6.54 Å². The fraction of sp³-hybridized carbons (Fsp3) is 0.214. The molecule has 0 fully saturated rings. The zero-order valence-electron chi connectivity index (χ0n) is 10.6. The summed E-state index contributed by atoms with van der Waals surface area (Å²) >= 11 is 0. The van der Waals surface area contributed by atoms with Crippen molar-refractivity contribution in [3.63, 3.8) is 0 Å². The minimum Gasteiger partial charge on any atom is -0.312 e. The third-order valence-electron chi connectivity index (χ3n) is 2.83. The van der Waals surface area contributed by atoms with Crippen LogP contribution in [-0.4, -0.2) is 14.9 Å². The maximum absolute atomic E-state index is 11.9. The lowest BCUT2D eigenvalue weighted by Crippen LogP contribution is -2.40. The van der Waals surface area contributed by atoms with Gasteiger partial charge in [-0.15, -0.1) is 0 Å². The molecule has 0 aliphatic carbocycles. The van der Waals surface area contributed by atoms with Crippen molar-refractivity contribution in [2.24, 2.45) is 7.05 Å². The lowest BCUT2D eigenvalue weighted by Gasteiger charge is -2.05. The zero-order chi connectivity index (χ0) is 13.8. The molecule has 2 rings (SSSR count). The van der Waals surface area contributed by atoms with Crippen molar-refractivity contribution in [1.29, 1.82) is 0 Å². The molecule has 0 spiro atoms. The first-order valence-electron chi connectivity index (χ1n) is 5.89. The molecule has 0 amide bonds. The van der Waals surface area contributed by atoms with Crippen LogP contribution in [0.1, 0.15) is 5.56 Å². The van der Waals surface area contributed by atoms with E-state index in [-0.39, 0.29) is 18.7 Å². The summed E-state index contributed by atoms with van der Waals surface area (Å²) in [5.41, 5.74) is -0.411. The summed E-state index contributed by atoms with van der Waals surface area (Å²) in [6.07, 6.45) is 3.18. The van der Waals surface area contributed by atoms with E-state index in [4.69, 9.17) is 0 Å². The summed E-state index contributed by atoms with van der Waals surface area (Å²) in [6, 6.07) is 9.29. The Kier molecular flexibility index (Phi) is 3.75. The van der Waals surface area contributed by atoms with Gasteiger partial charge in [-0.05, 0) is 5.56 Å². The Morgan fingerprint density at radius 3 is 2.42 bits per heavy atom. The number of nitrogens with zero attached hydrogens (tertiary/aromatic N) is 2. The molecule has 2 aromatic rings. The van der Waals surface area contributed by atoms with Crippen molar-refractivity contribution in [1.82, 2.24) is 9.13 Å². The number of hydrogen-bond donors (Lipinski definition) is 0. The van der Waals surface area contributed by atoms with Gasteiger partial charge in [-0.2, -0.15) is 0 Å². The summed E-state index contributed by atoms with van der Waals surface area (Å²) in [5.74, 6) is -0.110. The van der Waals surface area contributed by atoms with Gasteiger partial charge in [-0.1, -0.05) is 30.3 Å². The lowest BCUT2D eigenvalue weighted by atomic mass is 10.1. The van der Waals surface area contributed by atoms with E-state index in [9.17, 15) is 14.4 Å². The highest BCUT2D eigenvalue weighted by atomic mass is 16.2. The molecule has 0 atom stereocenters. The van der Waals surface area contributed by atoms with Crippen LogP contribution in [0.3, 0.4) is 0 Å². The van der Waals surface area contributed by atoms with E-state index in [1.807, 2.05) is 30.3 Å². The highest BCUT2D eigenvalue weighted by molar-refractivity contribution is 5.80. The van der Waals surface area contributed by atoms with Crippen molar-refractivity contribution >= 4 is 5.78 Å². The number of hydrogen-bond acceptors (Lipinski definition) is 3. The van der Waals surface area contributed by atoms with Crippen LogP contribution in [0.4, 0.5) is 0 Å². The number of benzene rings is 1. The van der Waals surface area contributed by atoms with Gasteiger partial charge in [0.25, 0.3) is 0 Å². The Morgan fingerprint density at radius 1 is 1.05 bits per heavy atom. The molecule has 5 nitrogen and oxygen atoms in total. The summed E-state index contributed by atoms with van der Waals surface area (Å²) < 4.78 is 2.34. The fourth-order valence-electron chi connectivity index (χ4n) is 1.78. The van der Waals surface area contributed by atoms with E-state index in [0.717, 1.165) is 10.1 Å². The predicted molar refractivity (Wildman–Crippen MR) is 71.1 cm³/mol. The average molecular weight is 258 g/mol. The maximum Gasteiger partial charge on any atom is 0.316 e. The Hall–Kier alpha value is -2.43. The van der Waals surface area contributed by atoms with Crippen LogP contribution in [0.15, 0.2) is 52.3 Å². The fourth-order valence-corrected chi connectivity index (χ4v) is 1.78. The minimum absolute atomic E-state index is 0.0796. The molecule has 1 heterocycles. The topological polar surface area (TPSA) is 61.1 Å². The number of carbonyl (C=O) groups excluding carboxylic acids is 1. The molecular weight excluding hydrogens is 244 g/mol. The van der Waals surface area contributed by atoms with Crippen LogP contribution in [0.5, 0.6) is 0 Å². The second-order valence-electron chi connectivity index (χ2n) is 4.35. The summed E-state index contributed by atoms with van der Waals surface area (Å²) in [6.45, 7) is -0.0796. The summed E-state index contributed by atoms with van der Waals surface area (Å²) in [4.78, 5) is 35.0. The van der Waals surface area contributed by atoms with Crippen molar-refractivity contribution < 1.29 is 4.79 Å². The predicted octanol–water partition coefficient (Wildman–Crippen LogP) is 0.359. The standard InChI is InChI=1S/C14H14N2O3/c1-15-7-8-16(14(19)13(15)18)10-12(17)9-11-5-3-2-4-6-11/h2-8H,9-10H2,1H3. The minimum atomic E-state index is -0.675. The van der Waals surface area contributed by atoms with E-state index in [1.54, 1.807) is 0 Å². The molecule has 0 saturated heterocycles. The zero-order valence-corrected chi connectivity index (χ0v) is 10.6. The van der Waals surface area contributed by atoms with Gasteiger partial charge in [0, 0.05) is 25.9 Å². The molecule has 0 saturated carbocycles. The molecule has 0 aliphatic heterocycles. The number of aryl methyl sites for hydroxylation is 1. The molecule has 0 unspecified atom stereocenters. The lowest BCUT2D eigenvalue weighted by molar-refractivity contribution is -0.119. The van der Waals surface area contributed by atoms with Crippen molar-refractivity contribution in [2.45, 2.75) is 13.0 Å². The first-order valence-corrected chi connectivity index (χ1v) is 5.89. The monoisotopic (exact) mass is 258 g/mol. The van der Waals surface area contributed by atoms with E-state index in [0.29, 0.717) is 0 Å². The summed E-state index contributed by atoms with van der Waals surface area (Å²) in [5, 5.41) is 0. The summed E-state index contributed by atoms with van der Waals surface area (Å²) in [7, 11) is 1.50. The molecule has 0 bridgehead atoms. The van der Waals surface area contributed by atoms with Gasteiger partial charge in [0.1, 0.15) is 0 Å². The van der Waals surface area contributed by atoms with Crippen LogP contribution in [0.2, 0.25) is 0 Å². The highest BCUT2D eigenvalue weighted by Gasteiger charge is 2.08. The first kappa shape index (κ1) is 13.0. The van der Waals surface area contributed by atoms with Gasteiger partial charge in [0.2, 0.25) is 0 Å². The molecule has 0 aliphatic rings. The largest absolute Gasteiger partial charge is 0.316 e. The number of Topliss-reactive ketones (excluding diaryl/α,β-unsaturated/α-hetero) is 1. The van der Waals surface area contributed by atoms with Gasteiger partial charge in [0.15, 0.2) is 5.78 Å². The second kappa shape index (κ2) is 5.48. The quantitative estimate of drug-likeness (QED) is 0.744. The number of carbonyl (C=O) groups is 1. The van der Waals surface area contributed by atoms with Crippen molar-refractivity contribution in [3.05, 3.63) is 69.0 Å². The van der Waals surface area contributed by atoms with E-state index >= 15 is 0 Å². The maximum atomic E-state index is 11.9. The average Bonchev–Trinajstić information content (AvgIpc) is 2.41. The van der Waals surface area contributed by atoms with Crippen LogP contribution >= 0.6 is 0 Å². The Bertz CT molecular complexity index is 699. The van der Waals surface area contributed by atoms with Gasteiger partial charge in [-0.25, -0.2) is 0 Å². The molecule has 0 N–H and O–H groups in total. The Labute approximate surface area is 109 Å². The number of aromatic nitrogens is 2. The number of rotatable bonds is 4. The molecule has 98 valence electrons. The third kappa shape index (κ3) is 3.07. The SMILES string of the molecule is Cn1ccn(CC(=O)Cc2ccccc2)c(=O)c1=O. The van der Waals surface area contributed by atoms with Gasteiger partial charge in [-0.3, -0.25) is 14.4 Å².